The third-order valence-electron chi connectivity index (χ3n) is 10.3. The van der Waals surface area contributed by atoms with Crippen molar-refractivity contribution < 1.29 is 19.3 Å². The van der Waals surface area contributed by atoms with Crippen LogP contribution in [0.1, 0.15) is 63.5 Å². The van der Waals surface area contributed by atoms with Crippen molar-refractivity contribution in [2.24, 2.45) is 11.3 Å². The maximum Gasteiger partial charge on any atom is 0.165 e. The molecule has 7 atom stereocenters. The molecule has 3 saturated carbocycles. The number of piperidine rings is 1. The Morgan fingerprint density at radius 2 is 2.06 bits per heavy atom. The van der Waals surface area contributed by atoms with Crippen LogP contribution in [0.25, 0.3) is 0 Å². The minimum atomic E-state index is -0.769. The van der Waals surface area contributed by atoms with Crippen LogP contribution in [0.15, 0.2) is 12.1 Å². The number of nitrogens with zero attached hydrogens (tertiary/aromatic N) is 1. The summed E-state index contributed by atoms with van der Waals surface area (Å²) >= 11 is 0. The van der Waals surface area contributed by atoms with Gasteiger partial charge < -0.3 is 24.2 Å². The van der Waals surface area contributed by atoms with E-state index in [9.17, 15) is 5.11 Å². The van der Waals surface area contributed by atoms with E-state index in [-0.39, 0.29) is 22.9 Å². The fourth-order valence-corrected chi connectivity index (χ4v) is 9.24. The average Bonchev–Trinajstić information content (AvgIpc) is 3.13. The van der Waals surface area contributed by atoms with E-state index in [0.717, 1.165) is 63.0 Å². The minimum Gasteiger partial charge on any atom is -0.493 e. The summed E-state index contributed by atoms with van der Waals surface area (Å²) in [6.45, 7) is 5.29. The summed E-state index contributed by atoms with van der Waals surface area (Å²) in [5, 5.41) is 11.8. The number of methoxy groups -OCH3 is 2. The maximum absolute atomic E-state index is 11.8. The second kappa shape index (κ2) is 6.18. The van der Waals surface area contributed by atoms with Gasteiger partial charge in [-0.2, -0.15) is 0 Å². The molecule has 4 bridgehead atoms. The van der Waals surface area contributed by atoms with Gasteiger partial charge in [-0.05, 0) is 70.7 Å². The molecular weight excluding hydrogens is 390 g/mol. The number of likely N-dealkylation sites (tertiary alicyclic amines) is 1. The van der Waals surface area contributed by atoms with Gasteiger partial charge in [-0.25, -0.2) is 0 Å². The van der Waals surface area contributed by atoms with E-state index in [4.69, 9.17) is 14.2 Å². The zero-order chi connectivity index (χ0) is 21.8. The lowest BCUT2D eigenvalue weighted by atomic mass is 9.33. The summed E-state index contributed by atoms with van der Waals surface area (Å²) < 4.78 is 19.3. The predicted molar refractivity (Wildman–Crippen MR) is 119 cm³/mol. The SMILES string of the molecule is CCC[C@](C)(O)[C@H]1C[C@@]23CC[C@]1(OC)[C@@H]1Oc4c(OC)ccc5c4[C@@]12CCN(C)[C@@H]3C5. The molecule has 0 radical (unpaired) electrons. The number of fused-ring (bicyclic) bond motifs is 2. The lowest BCUT2D eigenvalue weighted by Crippen LogP contribution is -2.82. The quantitative estimate of drug-likeness (QED) is 0.777. The van der Waals surface area contributed by atoms with E-state index in [1.807, 2.05) is 14.0 Å². The Kier molecular flexibility index (Phi) is 4.05. The van der Waals surface area contributed by atoms with Gasteiger partial charge in [0.05, 0.1) is 12.7 Å². The van der Waals surface area contributed by atoms with E-state index in [2.05, 4.69) is 31.0 Å². The first kappa shape index (κ1) is 20.3. The summed E-state index contributed by atoms with van der Waals surface area (Å²) in [6, 6.07) is 4.84. The number of likely N-dealkylation sites (N-methyl/N-ethyl adjacent to an activating group) is 1. The average molecular weight is 428 g/mol. The lowest BCUT2D eigenvalue weighted by molar-refractivity contribution is -0.301. The Hall–Kier alpha value is -1.30. The van der Waals surface area contributed by atoms with Crippen LogP contribution in [0.3, 0.4) is 0 Å². The summed E-state index contributed by atoms with van der Waals surface area (Å²) in [4.78, 5) is 2.60. The van der Waals surface area contributed by atoms with Gasteiger partial charge in [-0.3, -0.25) is 0 Å². The highest BCUT2D eigenvalue weighted by Gasteiger charge is 2.81. The van der Waals surface area contributed by atoms with Crippen molar-refractivity contribution in [1.82, 2.24) is 4.90 Å². The van der Waals surface area contributed by atoms with E-state index in [1.165, 1.54) is 11.1 Å². The standard InChI is InChI=1S/C26H37NO4/c1-6-9-23(2,28)18-15-24-10-11-26(18,30-5)22-25(24)12-13-27(3)19(24)14-16-7-8-17(29-4)21(31-22)20(16)25/h7-8,18-19,22,28H,6,9-15H2,1-5H3/t18-,19-,22-,23+,24-,25+,26-/m1/s1. The molecule has 0 amide bonds. The van der Waals surface area contributed by atoms with E-state index in [0.29, 0.717) is 6.04 Å². The van der Waals surface area contributed by atoms with Gasteiger partial charge in [0.25, 0.3) is 0 Å². The fraction of sp³-hybridized carbons (Fsp3) is 0.769. The molecule has 7 rings (SSSR count). The second-order valence-electron chi connectivity index (χ2n) is 11.2. The molecule has 2 heterocycles. The van der Waals surface area contributed by atoms with E-state index >= 15 is 0 Å². The number of rotatable bonds is 5. The molecule has 1 saturated heterocycles. The topological polar surface area (TPSA) is 51.2 Å². The second-order valence-corrected chi connectivity index (χ2v) is 11.2. The zero-order valence-electron chi connectivity index (χ0n) is 19.7. The van der Waals surface area contributed by atoms with Crippen LogP contribution in [-0.2, 0) is 16.6 Å². The van der Waals surface area contributed by atoms with Gasteiger partial charge in [0.2, 0.25) is 0 Å². The maximum atomic E-state index is 11.8. The Labute approximate surface area is 186 Å². The summed E-state index contributed by atoms with van der Waals surface area (Å²) in [7, 11) is 5.90. The van der Waals surface area contributed by atoms with Gasteiger partial charge in [0.15, 0.2) is 11.5 Å². The molecule has 0 aromatic heterocycles. The first-order valence-electron chi connectivity index (χ1n) is 12.2. The van der Waals surface area contributed by atoms with Crippen LogP contribution in [0, 0.1) is 11.3 Å². The van der Waals surface area contributed by atoms with Crippen molar-refractivity contribution in [2.45, 2.75) is 87.6 Å². The molecule has 4 aliphatic carbocycles. The van der Waals surface area contributed by atoms with Crippen LogP contribution >= 0.6 is 0 Å². The van der Waals surface area contributed by atoms with Crippen molar-refractivity contribution >= 4 is 0 Å². The van der Waals surface area contributed by atoms with Crippen molar-refractivity contribution in [3.63, 3.8) is 0 Å². The molecule has 0 unspecified atom stereocenters. The summed E-state index contributed by atoms with van der Waals surface area (Å²) in [5.74, 6) is 1.86. The number of hydrogen-bond donors (Lipinski definition) is 1. The molecule has 2 spiro atoms. The molecule has 6 aliphatic rings. The van der Waals surface area contributed by atoms with Gasteiger partial charge >= 0.3 is 0 Å². The highest BCUT2D eigenvalue weighted by Crippen LogP contribution is 2.77. The number of aliphatic hydroxyl groups is 1. The Morgan fingerprint density at radius 1 is 1.26 bits per heavy atom. The molecule has 4 fully saturated rings. The Balaban J connectivity index is 1.64. The molecule has 5 heteroatoms. The molecule has 170 valence electrons. The molecule has 1 aromatic carbocycles. The molecular formula is C26H37NO4. The molecule has 5 nitrogen and oxygen atoms in total. The van der Waals surface area contributed by atoms with E-state index < -0.39 is 11.2 Å². The summed E-state index contributed by atoms with van der Waals surface area (Å²) in [5.41, 5.74) is 1.66. The van der Waals surface area contributed by atoms with Gasteiger partial charge in [0, 0.05) is 35.5 Å². The highest BCUT2D eigenvalue weighted by molar-refractivity contribution is 5.63. The van der Waals surface area contributed by atoms with Crippen molar-refractivity contribution in [3.8, 4) is 11.5 Å². The van der Waals surface area contributed by atoms with Crippen LogP contribution in [0.2, 0.25) is 0 Å². The largest absolute Gasteiger partial charge is 0.493 e. The Morgan fingerprint density at radius 3 is 2.77 bits per heavy atom. The lowest BCUT2D eigenvalue weighted by Gasteiger charge is -2.74. The molecule has 1 aromatic rings. The first-order valence-corrected chi connectivity index (χ1v) is 12.2. The number of benzene rings is 1. The smallest absolute Gasteiger partial charge is 0.165 e. The van der Waals surface area contributed by atoms with Crippen molar-refractivity contribution in [2.75, 3.05) is 27.8 Å². The third-order valence-corrected chi connectivity index (χ3v) is 10.3. The third kappa shape index (κ3) is 2.06. The van der Waals surface area contributed by atoms with Gasteiger partial charge in [-0.1, -0.05) is 19.4 Å². The normalized spacial score (nSPS) is 43.9. The van der Waals surface area contributed by atoms with Crippen molar-refractivity contribution in [3.05, 3.63) is 23.3 Å². The fourth-order valence-electron chi connectivity index (χ4n) is 9.24. The molecule has 1 N–H and O–H groups in total. The molecule has 31 heavy (non-hydrogen) atoms. The predicted octanol–water partition coefficient (Wildman–Crippen LogP) is 3.69. The number of hydrogen-bond acceptors (Lipinski definition) is 5. The van der Waals surface area contributed by atoms with E-state index in [1.54, 1.807) is 7.11 Å². The van der Waals surface area contributed by atoms with Gasteiger partial charge in [-0.15, -0.1) is 0 Å². The Bertz CT molecular complexity index is 930. The van der Waals surface area contributed by atoms with Crippen LogP contribution in [0.4, 0.5) is 0 Å². The zero-order valence-corrected chi connectivity index (χ0v) is 19.7. The monoisotopic (exact) mass is 427 g/mol. The minimum absolute atomic E-state index is 0.0469. The van der Waals surface area contributed by atoms with Crippen LogP contribution in [0.5, 0.6) is 11.5 Å². The van der Waals surface area contributed by atoms with Crippen LogP contribution in [-0.4, -0.2) is 61.2 Å². The molecule has 2 aliphatic heterocycles. The highest BCUT2D eigenvalue weighted by atomic mass is 16.6. The van der Waals surface area contributed by atoms with Crippen molar-refractivity contribution in [1.29, 1.82) is 0 Å². The van der Waals surface area contributed by atoms with Crippen LogP contribution < -0.4 is 9.47 Å². The first-order chi connectivity index (χ1) is 14.8. The van der Waals surface area contributed by atoms with Gasteiger partial charge in [0.1, 0.15) is 11.7 Å². The number of ether oxygens (including phenoxy) is 3. The summed E-state index contributed by atoms with van der Waals surface area (Å²) in [6.07, 6.45) is 6.95.